The number of aromatic amines is 1. The second kappa shape index (κ2) is 4.05. The van der Waals surface area contributed by atoms with E-state index in [0.717, 1.165) is 6.07 Å². The molecule has 2 aromatic carbocycles. The fourth-order valence-corrected chi connectivity index (χ4v) is 2.20. The van der Waals surface area contributed by atoms with E-state index < -0.39 is 17.6 Å². The van der Waals surface area contributed by atoms with Gasteiger partial charge in [0.05, 0.1) is 18.2 Å². The highest BCUT2D eigenvalue weighted by molar-refractivity contribution is 6.09. The van der Waals surface area contributed by atoms with E-state index in [-0.39, 0.29) is 0 Å². The number of fused-ring (bicyclic) bond motifs is 3. The topological polar surface area (TPSA) is 42.1 Å². The van der Waals surface area contributed by atoms with E-state index in [0.29, 0.717) is 27.4 Å². The van der Waals surface area contributed by atoms with Crippen LogP contribution in [0, 0.1) is 11.6 Å². The standard InChI is InChI=1S/C14H9F2NO2/c1-19-14(18)7-2-3-9-11(4-7)17-12-6-8(15)5-10(16)13(9)12/h2-6,17H,1H3. The summed E-state index contributed by atoms with van der Waals surface area (Å²) in [4.78, 5) is 14.3. The van der Waals surface area contributed by atoms with Gasteiger partial charge in [-0.1, -0.05) is 6.07 Å². The zero-order valence-corrected chi connectivity index (χ0v) is 9.96. The number of halogens is 2. The average molecular weight is 261 g/mol. The predicted molar refractivity (Wildman–Crippen MR) is 67.1 cm³/mol. The number of rotatable bonds is 1. The van der Waals surface area contributed by atoms with Gasteiger partial charge in [-0.3, -0.25) is 0 Å². The first-order chi connectivity index (χ1) is 9.10. The Morgan fingerprint density at radius 3 is 2.68 bits per heavy atom. The molecule has 0 saturated carbocycles. The molecule has 96 valence electrons. The van der Waals surface area contributed by atoms with Crippen LogP contribution in [0.3, 0.4) is 0 Å². The summed E-state index contributed by atoms with van der Waals surface area (Å²) in [7, 11) is 1.28. The summed E-state index contributed by atoms with van der Waals surface area (Å²) in [6, 6.07) is 6.77. The molecule has 0 fully saturated rings. The number of aromatic nitrogens is 1. The molecule has 0 spiro atoms. The van der Waals surface area contributed by atoms with Gasteiger partial charge >= 0.3 is 5.97 Å². The number of H-pyrrole nitrogens is 1. The number of benzene rings is 2. The van der Waals surface area contributed by atoms with Gasteiger partial charge in [-0.15, -0.1) is 0 Å². The maximum absolute atomic E-state index is 13.8. The van der Waals surface area contributed by atoms with E-state index >= 15 is 0 Å². The number of esters is 1. The Hall–Kier alpha value is -2.43. The molecule has 3 rings (SSSR count). The molecule has 3 aromatic rings. The second-order valence-corrected chi connectivity index (χ2v) is 4.19. The van der Waals surface area contributed by atoms with Crippen LogP contribution in [0.15, 0.2) is 30.3 Å². The number of hydrogen-bond donors (Lipinski definition) is 1. The molecule has 0 bridgehead atoms. The average Bonchev–Trinajstić information content (AvgIpc) is 2.74. The number of nitrogens with one attached hydrogen (secondary N) is 1. The Morgan fingerprint density at radius 1 is 1.16 bits per heavy atom. The third-order valence-electron chi connectivity index (χ3n) is 3.03. The summed E-state index contributed by atoms with van der Waals surface area (Å²) >= 11 is 0. The van der Waals surface area contributed by atoms with Crippen LogP contribution in [-0.2, 0) is 4.74 Å². The molecule has 0 aliphatic rings. The summed E-state index contributed by atoms with van der Waals surface area (Å²) in [5.74, 6) is -1.76. The van der Waals surface area contributed by atoms with Crippen LogP contribution in [0.5, 0.6) is 0 Å². The maximum Gasteiger partial charge on any atom is 0.337 e. The first kappa shape index (κ1) is 11.6. The second-order valence-electron chi connectivity index (χ2n) is 4.19. The van der Waals surface area contributed by atoms with Crippen molar-refractivity contribution in [3.63, 3.8) is 0 Å². The lowest BCUT2D eigenvalue weighted by atomic mass is 10.1. The molecule has 0 aliphatic carbocycles. The number of hydrogen-bond acceptors (Lipinski definition) is 2. The van der Waals surface area contributed by atoms with Crippen LogP contribution in [0.25, 0.3) is 21.8 Å². The van der Waals surface area contributed by atoms with Gasteiger partial charge in [-0.05, 0) is 18.2 Å². The quantitative estimate of drug-likeness (QED) is 0.682. The minimum Gasteiger partial charge on any atom is -0.465 e. The summed E-state index contributed by atoms with van der Waals surface area (Å²) in [5, 5.41) is 0.910. The van der Waals surface area contributed by atoms with E-state index in [2.05, 4.69) is 9.72 Å². The van der Waals surface area contributed by atoms with Crippen LogP contribution in [0.4, 0.5) is 8.78 Å². The fourth-order valence-electron chi connectivity index (χ4n) is 2.20. The smallest absolute Gasteiger partial charge is 0.337 e. The van der Waals surface area contributed by atoms with Crippen LogP contribution in [-0.4, -0.2) is 18.1 Å². The van der Waals surface area contributed by atoms with Gasteiger partial charge < -0.3 is 9.72 Å². The minimum atomic E-state index is -0.648. The Labute approximate surface area is 106 Å². The summed E-state index contributed by atoms with van der Waals surface area (Å²) in [5.41, 5.74) is 1.26. The van der Waals surface area contributed by atoms with Crippen LogP contribution < -0.4 is 0 Å². The summed E-state index contributed by atoms with van der Waals surface area (Å²) in [6.45, 7) is 0. The largest absolute Gasteiger partial charge is 0.465 e. The SMILES string of the molecule is COC(=O)c1ccc2c(c1)[nH]c1cc(F)cc(F)c12. The van der Waals surface area contributed by atoms with Gasteiger partial charge in [0.25, 0.3) is 0 Å². The molecule has 3 nitrogen and oxygen atoms in total. The first-order valence-corrected chi connectivity index (χ1v) is 5.59. The molecule has 19 heavy (non-hydrogen) atoms. The van der Waals surface area contributed by atoms with E-state index in [1.165, 1.54) is 13.2 Å². The molecular weight excluding hydrogens is 252 g/mol. The van der Waals surface area contributed by atoms with E-state index in [1.807, 2.05) is 0 Å². The van der Waals surface area contributed by atoms with E-state index in [4.69, 9.17) is 0 Å². The Balaban J connectivity index is 2.34. The van der Waals surface area contributed by atoms with Gasteiger partial charge in [-0.2, -0.15) is 0 Å². The molecular formula is C14H9F2NO2. The van der Waals surface area contributed by atoms with Crippen molar-refractivity contribution in [2.45, 2.75) is 0 Å². The normalized spacial score (nSPS) is 11.1. The maximum atomic E-state index is 13.8. The molecule has 0 radical (unpaired) electrons. The Bertz CT molecular complexity index is 808. The first-order valence-electron chi connectivity index (χ1n) is 5.59. The van der Waals surface area contributed by atoms with Crippen LogP contribution >= 0.6 is 0 Å². The number of carbonyl (C=O) groups is 1. The molecule has 1 aromatic heterocycles. The lowest BCUT2D eigenvalue weighted by Crippen LogP contribution is -2.00. The molecule has 0 atom stereocenters. The molecule has 5 heteroatoms. The van der Waals surface area contributed by atoms with Crippen molar-refractivity contribution >= 4 is 27.8 Å². The zero-order chi connectivity index (χ0) is 13.6. The highest BCUT2D eigenvalue weighted by Crippen LogP contribution is 2.29. The van der Waals surface area contributed by atoms with Crippen molar-refractivity contribution < 1.29 is 18.3 Å². The van der Waals surface area contributed by atoms with E-state index in [9.17, 15) is 13.6 Å². The van der Waals surface area contributed by atoms with Gasteiger partial charge in [0, 0.05) is 22.4 Å². The number of methoxy groups -OCH3 is 1. The third kappa shape index (κ3) is 1.74. The highest BCUT2D eigenvalue weighted by atomic mass is 19.1. The third-order valence-corrected chi connectivity index (χ3v) is 3.03. The predicted octanol–water partition coefficient (Wildman–Crippen LogP) is 3.39. The van der Waals surface area contributed by atoms with Crippen molar-refractivity contribution in [2.75, 3.05) is 7.11 Å². The number of ether oxygens (including phenoxy) is 1. The fraction of sp³-hybridized carbons (Fsp3) is 0.0714. The van der Waals surface area contributed by atoms with Crippen molar-refractivity contribution in [1.29, 1.82) is 0 Å². The lowest BCUT2D eigenvalue weighted by molar-refractivity contribution is 0.0601. The van der Waals surface area contributed by atoms with Gasteiger partial charge in [0.15, 0.2) is 0 Å². The monoisotopic (exact) mass is 261 g/mol. The molecule has 1 heterocycles. The van der Waals surface area contributed by atoms with Crippen molar-refractivity contribution in [1.82, 2.24) is 4.98 Å². The molecule has 0 aliphatic heterocycles. The highest BCUT2D eigenvalue weighted by Gasteiger charge is 2.13. The minimum absolute atomic E-state index is 0.313. The van der Waals surface area contributed by atoms with Crippen molar-refractivity contribution in [3.05, 3.63) is 47.5 Å². The van der Waals surface area contributed by atoms with Gasteiger partial charge in [0.1, 0.15) is 11.6 Å². The summed E-state index contributed by atoms with van der Waals surface area (Å²) < 4.78 is 31.6. The molecule has 1 N–H and O–H groups in total. The molecule has 0 amide bonds. The Morgan fingerprint density at radius 2 is 1.95 bits per heavy atom. The lowest BCUT2D eigenvalue weighted by Gasteiger charge is -1.99. The van der Waals surface area contributed by atoms with Gasteiger partial charge in [0.2, 0.25) is 0 Å². The van der Waals surface area contributed by atoms with E-state index in [1.54, 1.807) is 18.2 Å². The Kier molecular flexibility index (Phi) is 2.48. The molecule has 0 unspecified atom stereocenters. The molecule has 0 saturated heterocycles. The van der Waals surface area contributed by atoms with Crippen molar-refractivity contribution in [3.8, 4) is 0 Å². The summed E-state index contributed by atoms with van der Waals surface area (Å²) in [6.07, 6.45) is 0. The van der Waals surface area contributed by atoms with Crippen LogP contribution in [0.2, 0.25) is 0 Å². The zero-order valence-electron chi connectivity index (χ0n) is 9.96. The number of carbonyl (C=O) groups excluding carboxylic acids is 1. The van der Waals surface area contributed by atoms with Crippen molar-refractivity contribution in [2.24, 2.45) is 0 Å². The van der Waals surface area contributed by atoms with Crippen LogP contribution in [0.1, 0.15) is 10.4 Å². The van der Waals surface area contributed by atoms with Gasteiger partial charge in [-0.25, -0.2) is 13.6 Å².